The number of nitrogens with one attached hydrogen (secondary N) is 2. The largest absolute Gasteiger partial charge is 0.326 e. The Labute approximate surface area is 121 Å². The van der Waals surface area contributed by atoms with E-state index >= 15 is 0 Å². The minimum atomic E-state index is -0.348. The van der Waals surface area contributed by atoms with E-state index in [1.807, 2.05) is 6.92 Å². The molecular weight excluding hydrogens is 311 g/mol. The van der Waals surface area contributed by atoms with Crippen molar-refractivity contribution in [3.63, 3.8) is 0 Å². The van der Waals surface area contributed by atoms with Crippen molar-refractivity contribution in [2.45, 2.75) is 26.2 Å². The number of hydrogen-bond donors (Lipinski definition) is 2. The number of piperidine rings is 1. The third-order valence-electron chi connectivity index (χ3n) is 3.81. The summed E-state index contributed by atoms with van der Waals surface area (Å²) in [5.74, 6) is -0.316. The van der Waals surface area contributed by atoms with Gasteiger partial charge in [-0.1, -0.05) is 6.92 Å². The lowest BCUT2D eigenvalue weighted by atomic mass is 9.77. The number of amides is 1. The quantitative estimate of drug-likeness (QED) is 0.893. The van der Waals surface area contributed by atoms with Crippen LogP contribution in [0, 0.1) is 11.2 Å². The van der Waals surface area contributed by atoms with Crippen LogP contribution in [0.1, 0.15) is 26.2 Å². The minimum absolute atomic E-state index is 0.0145. The monoisotopic (exact) mass is 328 g/mol. The van der Waals surface area contributed by atoms with Crippen LogP contribution in [0.3, 0.4) is 0 Å². The third-order valence-corrected chi connectivity index (χ3v) is 4.42. The van der Waals surface area contributed by atoms with E-state index in [4.69, 9.17) is 0 Å². The van der Waals surface area contributed by atoms with E-state index < -0.39 is 0 Å². The molecule has 1 amide bonds. The molecule has 3 nitrogen and oxygen atoms in total. The molecule has 1 aliphatic rings. The summed E-state index contributed by atoms with van der Waals surface area (Å²) in [5, 5.41) is 6.18. The predicted molar refractivity (Wildman–Crippen MR) is 77.6 cm³/mol. The maximum absolute atomic E-state index is 13.2. The second-order valence-corrected chi connectivity index (χ2v) is 5.85. The number of carbonyl (C=O) groups excluding carboxylic acids is 1. The fourth-order valence-electron chi connectivity index (χ4n) is 2.46. The fourth-order valence-corrected chi connectivity index (χ4v) is 2.84. The number of carbonyl (C=O) groups is 1. The van der Waals surface area contributed by atoms with Crippen molar-refractivity contribution >= 4 is 27.5 Å². The van der Waals surface area contributed by atoms with Crippen LogP contribution in [0.4, 0.5) is 10.1 Å². The van der Waals surface area contributed by atoms with E-state index in [9.17, 15) is 9.18 Å². The Balaban J connectivity index is 2.12. The molecule has 0 aliphatic carbocycles. The molecular formula is C14H18BrFN2O. The highest BCUT2D eigenvalue weighted by molar-refractivity contribution is 9.10. The maximum atomic E-state index is 13.2. The highest BCUT2D eigenvalue weighted by atomic mass is 79.9. The first kappa shape index (κ1) is 14.5. The Morgan fingerprint density at radius 3 is 2.95 bits per heavy atom. The van der Waals surface area contributed by atoms with Crippen LogP contribution >= 0.6 is 15.9 Å². The van der Waals surface area contributed by atoms with Gasteiger partial charge in [-0.05, 0) is 59.9 Å². The van der Waals surface area contributed by atoms with Gasteiger partial charge in [-0.25, -0.2) is 4.39 Å². The number of anilines is 1. The summed E-state index contributed by atoms with van der Waals surface area (Å²) in [5.41, 5.74) is 0.274. The van der Waals surface area contributed by atoms with E-state index in [1.54, 1.807) is 12.1 Å². The van der Waals surface area contributed by atoms with E-state index in [0.717, 1.165) is 25.8 Å². The van der Waals surface area contributed by atoms with Gasteiger partial charge in [0, 0.05) is 12.2 Å². The SMILES string of the molecule is CCC1(C(=O)Nc2ccc(F)c(Br)c2)CCCNC1. The average molecular weight is 329 g/mol. The molecule has 1 aliphatic heterocycles. The molecule has 1 fully saturated rings. The summed E-state index contributed by atoms with van der Waals surface area (Å²) in [7, 11) is 0. The van der Waals surface area contributed by atoms with Crippen molar-refractivity contribution in [3.8, 4) is 0 Å². The molecule has 1 saturated heterocycles. The molecule has 0 saturated carbocycles. The van der Waals surface area contributed by atoms with Crippen LogP contribution in [0.15, 0.2) is 22.7 Å². The second kappa shape index (κ2) is 6.01. The van der Waals surface area contributed by atoms with E-state index in [2.05, 4.69) is 26.6 Å². The van der Waals surface area contributed by atoms with Gasteiger partial charge in [0.25, 0.3) is 0 Å². The smallest absolute Gasteiger partial charge is 0.231 e. The van der Waals surface area contributed by atoms with Crippen molar-refractivity contribution in [1.82, 2.24) is 5.32 Å². The topological polar surface area (TPSA) is 41.1 Å². The molecule has 2 N–H and O–H groups in total. The first-order chi connectivity index (χ1) is 9.07. The van der Waals surface area contributed by atoms with Crippen LogP contribution in [-0.2, 0) is 4.79 Å². The zero-order chi connectivity index (χ0) is 13.9. The van der Waals surface area contributed by atoms with Crippen LogP contribution < -0.4 is 10.6 Å². The lowest BCUT2D eigenvalue weighted by Crippen LogP contribution is -2.47. The third kappa shape index (κ3) is 3.15. The van der Waals surface area contributed by atoms with E-state index in [-0.39, 0.29) is 17.1 Å². The van der Waals surface area contributed by atoms with Crippen molar-refractivity contribution < 1.29 is 9.18 Å². The van der Waals surface area contributed by atoms with Crippen LogP contribution in [-0.4, -0.2) is 19.0 Å². The average Bonchev–Trinajstić information content (AvgIpc) is 2.43. The fraction of sp³-hybridized carbons (Fsp3) is 0.500. The lowest BCUT2D eigenvalue weighted by Gasteiger charge is -2.35. The van der Waals surface area contributed by atoms with Crippen LogP contribution in [0.25, 0.3) is 0 Å². The first-order valence-corrected chi connectivity index (χ1v) is 7.34. The molecule has 0 spiro atoms. The number of halogens is 2. The Hall–Kier alpha value is -0.940. The van der Waals surface area contributed by atoms with Crippen molar-refractivity contribution in [1.29, 1.82) is 0 Å². The molecule has 19 heavy (non-hydrogen) atoms. The highest BCUT2D eigenvalue weighted by Crippen LogP contribution is 2.32. The van der Waals surface area contributed by atoms with Gasteiger partial charge in [0.15, 0.2) is 0 Å². The zero-order valence-electron chi connectivity index (χ0n) is 10.9. The summed E-state index contributed by atoms with van der Waals surface area (Å²) < 4.78 is 13.5. The van der Waals surface area contributed by atoms with Gasteiger partial charge in [-0.15, -0.1) is 0 Å². The standard InChI is InChI=1S/C14H18BrFN2O/c1-2-14(6-3-7-17-9-14)13(19)18-10-4-5-12(16)11(15)8-10/h4-5,8,17H,2-3,6-7,9H2,1H3,(H,18,19). The molecule has 104 valence electrons. The van der Waals surface area contributed by atoms with Crippen molar-refractivity contribution in [2.24, 2.45) is 5.41 Å². The summed E-state index contributed by atoms with van der Waals surface area (Å²) in [6.07, 6.45) is 2.70. The van der Waals surface area contributed by atoms with Gasteiger partial charge in [0.05, 0.1) is 9.89 Å². The Morgan fingerprint density at radius 2 is 2.37 bits per heavy atom. The van der Waals surface area contributed by atoms with Crippen LogP contribution in [0.5, 0.6) is 0 Å². The molecule has 1 unspecified atom stereocenters. The van der Waals surface area contributed by atoms with Gasteiger partial charge >= 0.3 is 0 Å². The molecule has 1 aromatic carbocycles. The van der Waals surface area contributed by atoms with Gasteiger partial charge in [-0.3, -0.25) is 4.79 Å². The normalized spacial score (nSPS) is 23.1. The van der Waals surface area contributed by atoms with Gasteiger partial charge in [0.2, 0.25) is 5.91 Å². The maximum Gasteiger partial charge on any atom is 0.231 e. The van der Waals surface area contributed by atoms with Crippen molar-refractivity contribution in [2.75, 3.05) is 18.4 Å². The molecule has 1 heterocycles. The molecule has 1 atom stereocenters. The Morgan fingerprint density at radius 1 is 1.58 bits per heavy atom. The molecule has 2 rings (SSSR count). The first-order valence-electron chi connectivity index (χ1n) is 6.54. The molecule has 1 aromatic rings. The van der Waals surface area contributed by atoms with Crippen LogP contribution in [0.2, 0.25) is 0 Å². The van der Waals surface area contributed by atoms with E-state index in [1.165, 1.54) is 6.07 Å². The lowest BCUT2D eigenvalue weighted by molar-refractivity contribution is -0.126. The molecule has 0 aromatic heterocycles. The molecule has 0 radical (unpaired) electrons. The summed E-state index contributed by atoms with van der Waals surface area (Å²) in [6, 6.07) is 4.52. The summed E-state index contributed by atoms with van der Waals surface area (Å²) in [4.78, 5) is 12.5. The van der Waals surface area contributed by atoms with E-state index in [0.29, 0.717) is 16.7 Å². The minimum Gasteiger partial charge on any atom is -0.326 e. The number of rotatable bonds is 3. The van der Waals surface area contributed by atoms with Gasteiger partial charge in [0.1, 0.15) is 5.82 Å². The zero-order valence-corrected chi connectivity index (χ0v) is 12.5. The Kier molecular flexibility index (Phi) is 4.58. The van der Waals surface area contributed by atoms with Crippen molar-refractivity contribution in [3.05, 3.63) is 28.5 Å². The molecule has 0 bridgehead atoms. The van der Waals surface area contributed by atoms with Gasteiger partial charge < -0.3 is 10.6 Å². The second-order valence-electron chi connectivity index (χ2n) is 5.00. The number of hydrogen-bond acceptors (Lipinski definition) is 2. The highest BCUT2D eigenvalue weighted by Gasteiger charge is 2.37. The summed E-state index contributed by atoms with van der Waals surface area (Å²) in [6.45, 7) is 3.71. The molecule has 5 heteroatoms. The van der Waals surface area contributed by atoms with Gasteiger partial charge in [-0.2, -0.15) is 0 Å². The summed E-state index contributed by atoms with van der Waals surface area (Å²) >= 11 is 3.12. The Bertz CT molecular complexity index is 473. The predicted octanol–water partition coefficient (Wildman–Crippen LogP) is 3.31. The number of benzene rings is 1.